The molecule has 0 radical (unpaired) electrons. The topological polar surface area (TPSA) is 37.8 Å². The van der Waals surface area contributed by atoms with E-state index in [-0.39, 0.29) is 6.54 Å². The van der Waals surface area contributed by atoms with Crippen LogP contribution in [-0.2, 0) is 0 Å². The Bertz CT molecular complexity index is 952. The summed E-state index contributed by atoms with van der Waals surface area (Å²) >= 11 is 0. The molecule has 5 nitrogen and oxygen atoms in total. The Morgan fingerprint density at radius 1 is 0.971 bits per heavy atom. The van der Waals surface area contributed by atoms with Gasteiger partial charge < -0.3 is 19.3 Å². The Kier molecular flexibility index (Phi) is 8.19. The number of likely N-dealkylation sites (tertiary alicyclic amines) is 2. The molecule has 4 rings (SSSR count). The number of benzene rings is 1. The highest BCUT2D eigenvalue weighted by Crippen LogP contribution is 2.38. The van der Waals surface area contributed by atoms with Crippen molar-refractivity contribution in [3.05, 3.63) is 29.5 Å². The highest BCUT2D eigenvalue weighted by atomic mass is 19.4. The molecular formula is C26H36F3N3O2. The highest BCUT2D eigenvalue weighted by Gasteiger charge is 2.30. The van der Waals surface area contributed by atoms with Gasteiger partial charge in [-0.05, 0) is 88.8 Å². The smallest absolute Gasteiger partial charge is 0.390 e. The van der Waals surface area contributed by atoms with Gasteiger partial charge in [0.25, 0.3) is 0 Å². The number of rotatable bonds is 9. The van der Waals surface area contributed by atoms with Crippen LogP contribution in [0.5, 0.6) is 11.5 Å². The summed E-state index contributed by atoms with van der Waals surface area (Å²) in [6.45, 7) is 7.49. The standard InChI is InChI=1S/C26H36F3N3O2/c1-19-16-21(20-6-12-32(13-7-20)14-8-26(27,28)29)22-17-24(33-2)25(18-23(22)30-19)34-15-5-11-31-9-3-4-10-31/h16-18,20H,3-15H2,1-2H3. The second kappa shape index (κ2) is 11.1. The van der Waals surface area contributed by atoms with Gasteiger partial charge in [-0.2, -0.15) is 13.2 Å². The fraction of sp³-hybridized carbons (Fsp3) is 0.654. The molecule has 8 heteroatoms. The van der Waals surface area contributed by atoms with E-state index in [0.717, 1.165) is 42.4 Å². The van der Waals surface area contributed by atoms with Gasteiger partial charge >= 0.3 is 6.18 Å². The van der Waals surface area contributed by atoms with E-state index < -0.39 is 12.6 Å². The lowest BCUT2D eigenvalue weighted by atomic mass is 9.87. The molecule has 2 aliphatic heterocycles. The van der Waals surface area contributed by atoms with Crippen LogP contribution in [0.4, 0.5) is 13.2 Å². The molecule has 0 saturated carbocycles. The molecule has 0 spiro atoms. The number of alkyl halides is 3. The minimum atomic E-state index is -4.10. The van der Waals surface area contributed by atoms with E-state index in [1.165, 1.54) is 31.5 Å². The lowest BCUT2D eigenvalue weighted by Crippen LogP contribution is -2.35. The number of aryl methyl sites for hydroxylation is 1. The number of piperidine rings is 1. The Labute approximate surface area is 200 Å². The summed E-state index contributed by atoms with van der Waals surface area (Å²) in [7, 11) is 1.65. The molecule has 0 amide bonds. The van der Waals surface area contributed by atoms with Gasteiger partial charge in [0.05, 0.1) is 25.7 Å². The number of halogens is 3. The van der Waals surface area contributed by atoms with Crippen molar-refractivity contribution < 1.29 is 22.6 Å². The van der Waals surface area contributed by atoms with Gasteiger partial charge in [0.2, 0.25) is 0 Å². The van der Waals surface area contributed by atoms with Crippen LogP contribution in [0.25, 0.3) is 10.9 Å². The van der Waals surface area contributed by atoms with Crippen LogP contribution in [-0.4, -0.2) is 73.9 Å². The average Bonchev–Trinajstić information content (AvgIpc) is 3.33. The molecule has 2 aromatic rings. The number of nitrogens with zero attached hydrogens (tertiary/aromatic N) is 3. The first-order chi connectivity index (χ1) is 16.3. The number of fused-ring (bicyclic) bond motifs is 1. The van der Waals surface area contributed by atoms with Crippen molar-refractivity contribution in [2.45, 2.75) is 57.5 Å². The van der Waals surface area contributed by atoms with Crippen molar-refractivity contribution >= 4 is 10.9 Å². The molecule has 0 N–H and O–H groups in total. The van der Waals surface area contributed by atoms with Crippen LogP contribution in [0.2, 0.25) is 0 Å². The van der Waals surface area contributed by atoms with E-state index >= 15 is 0 Å². The van der Waals surface area contributed by atoms with Crippen molar-refractivity contribution in [3.8, 4) is 11.5 Å². The third-order valence-electron chi connectivity index (χ3n) is 7.07. The number of methoxy groups -OCH3 is 1. The third-order valence-corrected chi connectivity index (χ3v) is 7.07. The third kappa shape index (κ3) is 6.54. The van der Waals surface area contributed by atoms with Gasteiger partial charge in [0, 0.05) is 30.2 Å². The summed E-state index contributed by atoms with van der Waals surface area (Å²) in [6, 6.07) is 6.11. The zero-order valence-corrected chi connectivity index (χ0v) is 20.3. The van der Waals surface area contributed by atoms with Gasteiger partial charge in [-0.25, -0.2) is 0 Å². The summed E-state index contributed by atoms with van der Waals surface area (Å²) in [5.74, 6) is 1.70. The number of pyridine rings is 1. The average molecular weight is 480 g/mol. The number of hydrogen-bond donors (Lipinski definition) is 0. The number of aromatic nitrogens is 1. The van der Waals surface area contributed by atoms with E-state index in [1.54, 1.807) is 7.11 Å². The van der Waals surface area contributed by atoms with E-state index in [2.05, 4.69) is 11.0 Å². The zero-order chi connectivity index (χ0) is 24.1. The molecule has 0 aliphatic carbocycles. The van der Waals surface area contributed by atoms with E-state index in [9.17, 15) is 13.2 Å². The van der Waals surface area contributed by atoms with Gasteiger partial charge in [-0.15, -0.1) is 0 Å². The first-order valence-corrected chi connectivity index (χ1v) is 12.5. The molecule has 0 atom stereocenters. The predicted octanol–water partition coefficient (Wildman–Crippen LogP) is 5.55. The molecule has 34 heavy (non-hydrogen) atoms. The van der Waals surface area contributed by atoms with Gasteiger partial charge in [-0.1, -0.05) is 0 Å². The summed E-state index contributed by atoms with van der Waals surface area (Å²) < 4.78 is 49.5. The molecule has 0 unspecified atom stereocenters. The van der Waals surface area contributed by atoms with Crippen LogP contribution < -0.4 is 9.47 Å². The molecule has 1 aromatic carbocycles. The number of hydrogen-bond acceptors (Lipinski definition) is 5. The van der Waals surface area contributed by atoms with Crippen molar-refractivity contribution in [3.63, 3.8) is 0 Å². The summed E-state index contributed by atoms with van der Waals surface area (Å²) in [5.41, 5.74) is 3.02. The van der Waals surface area contributed by atoms with Crippen molar-refractivity contribution in [1.29, 1.82) is 0 Å². The Hall–Kier alpha value is -2.06. The summed E-state index contributed by atoms with van der Waals surface area (Å²) in [5, 5.41) is 1.04. The number of ether oxygens (including phenoxy) is 2. The van der Waals surface area contributed by atoms with Crippen molar-refractivity contribution in [2.24, 2.45) is 0 Å². The van der Waals surface area contributed by atoms with Crippen molar-refractivity contribution in [2.75, 3.05) is 53.0 Å². The zero-order valence-electron chi connectivity index (χ0n) is 20.3. The highest BCUT2D eigenvalue weighted by molar-refractivity contribution is 5.86. The molecule has 2 fully saturated rings. The lowest BCUT2D eigenvalue weighted by Gasteiger charge is -2.33. The SMILES string of the molecule is COc1cc2c(C3CCN(CCC(F)(F)F)CC3)cc(C)nc2cc1OCCCN1CCCC1. The largest absolute Gasteiger partial charge is 0.493 e. The van der Waals surface area contributed by atoms with Gasteiger partial charge in [0.15, 0.2) is 11.5 Å². The van der Waals surface area contributed by atoms with Gasteiger partial charge in [0.1, 0.15) is 0 Å². The summed E-state index contributed by atoms with van der Waals surface area (Å²) in [4.78, 5) is 9.15. The van der Waals surface area contributed by atoms with Crippen LogP contribution in [0.15, 0.2) is 18.2 Å². The fourth-order valence-electron chi connectivity index (χ4n) is 5.24. The van der Waals surface area contributed by atoms with Crippen LogP contribution in [0.1, 0.15) is 55.7 Å². The molecule has 188 valence electrons. The van der Waals surface area contributed by atoms with Crippen LogP contribution in [0.3, 0.4) is 0 Å². The minimum Gasteiger partial charge on any atom is -0.493 e. The first kappa shape index (κ1) is 25.0. The van der Waals surface area contributed by atoms with Crippen molar-refractivity contribution in [1.82, 2.24) is 14.8 Å². The fourth-order valence-corrected chi connectivity index (χ4v) is 5.24. The molecular weight excluding hydrogens is 443 g/mol. The maximum Gasteiger partial charge on any atom is 0.390 e. The molecule has 1 aromatic heterocycles. The maximum absolute atomic E-state index is 12.6. The molecule has 2 saturated heterocycles. The van der Waals surface area contributed by atoms with E-state index in [1.807, 2.05) is 24.0 Å². The van der Waals surface area contributed by atoms with E-state index in [4.69, 9.17) is 14.5 Å². The second-order valence-electron chi connectivity index (χ2n) is 9.60. The first-order valence-electron chi connectivity index (χ1n) is 12.5. The Morgan fingerprint density at radius 2 is 1.68 bits per heavy atom. The molecule has 0 bridgehead atoms. The monoisotopic (exact) mass is 479 g/mol. The minimum absolute atomic E-state index is 0.0820. The predicted molar refractivity (Wildman–Crippen MR) is 128 cm³/mol. The Balaban J connectivity index is 1.44. The Morgan fingerprint density at radius 3 is 2.35 bits per heavy atom. The van der Waals surface area contributed by atoms with Crippen LogP contribution in [0, 0.1) is 6.92 Å². The van der Waals surface area contributed by atoms with Gasteiger partial charge in [-0.3, -0.25) is 4.98 Å². The second-order valence-corrected chi connectivity index (χ2v) is 9.60. The maximum atomic E-state index is 12.6. The quantitative estimate of drug-likeness (QED) is 0.441. The summed E-state index contributed by atoms with van der Waals surface area (Å²) in [6.07, 6.45) is 0.396. The van der Waals surface area contributed by atoms with E-state index in [0.29, 0.717) is 37.1 Å². The normalized spacial score (nSPS) is 18.6. The van der Waals surface area contributed by atoms with Crippen LogP contribution >= 0.6 is 0 Å². The molecule has 3 heterocycles. The molecule has 2 aliphatic rings. The lowest BCUT2D eigenvalue weighted by molar-refractivity contribution is -0.138.